The van der Waals surface area contributed by atoms with Crippen LogP contribution in [0.1, 0.15) is 36.8 Å². The zero-order valence-electron chi connectivity index (χ0n) is 14.4. The second kappa shape index (κ2) is 8.17. The van der Waals surface area contributed by atoms with Crippen molar-refractivity contribution in [3.8, 4) is 0 Å². The molecule has 0 spiro atoms. The zero-order chi connectivity index (χ0) is 17.6. The van der Waals surface area contributed by atoms with Crippen molar-refractivity contribution in [1.82, 2.24) is 10.6 Å². The van der Waals surface area contributed by atoms with E-state index in [0.717, 1.165) is 28.2 Å². The Morgan fingerprint density at radius 3 is 2.38 bits per heavy atom. The van der Waals surface area contributed by atoms with Gasteiger partial charge in [0.05, 0.1) is 0 Å². The second-order valence-electron chi connectivity index (χ2n) is 6.53. The number of carbonyl (C=O) groups excluding carboxylic acids is 1. The molecule has 0 atom stereocenters. The lowest BCUT2D eigenvalue weighted by Crippen LogP contribution is -2.32. The molecule has 6 heteroatoms. The van der Waals surface area contributed by atoms with Crippen LogP contribution in [0.15, 0.2) is 35.7 Å². The number of thiophene rings is 1. The summed E-state index contributed by atoms with van der Waals surface area (Å²) in [4.78, 5) is 12.9. The molecule has 1 amide bonds. The van der Waals surface area contributed by atoms with E-state index >= 15 is 0 Å². The van der Waals surface area contributed by atoms with Crippen molar-refractivity contribution in [1.29, 1.82) is 0 Å². The summed E-state index contributed by atoms with van der Waals surface area (Å²) in [6, 6.07) is 9.94. The summed E-state index contributed by atoms with van der Waals surface area (Å²) in [5.74, 6) is 0. The summed E-state index contributed by atoms with van der Waals surface area (Å²) in [7, 11) is 0. The molecule has 2 aromatic rings. The van der Waals surface area contributed by atoms with E-state index in [1.54, 1.807) is 11.3 Å². The highest BCUT2D eigenvalue weighted by atomic mass is 32.1. The molecule has 0 saturated heterocycles. The summed E-state index contributed by atoms with van der Waals surface area (Å²) < 4.78 is 5.26. The van der Waals surface area contributed by atoms with E-state index in [2.05, 4.69) is 16.7 Å². The van der Waals surface area contributed by atoms with Gasteiger partial charge in [-0.15, -0.1) is 11.3 Å². The molecule has 4 N–H and O–H groups in total. The number of nitrogens with two attached hydrogens (primary N) is 1. The third-order valence-corrected chi connectivity index (χ3v) is 4.26. The van der Waals surface area contributed by atoms with E-state index in [4.69, 9.17) is 10.5 Å². The molecule has 24 heavy (non-hydrogen) atoms. The summed E-state index contributed by atoms with van der Waals surface area (Å²) in [6.45, 7) is 7.43. The Hall–Kier alpha value is -2.05. The van der Waals surface area contributed by atoms with Crippen LogP contribution >= 0.6 is 11.3 Å². The topological polar surface area (TPSA) is 76.4 Å². The monoisotopic (exact) mass is 347 g/mol. The lowest BCUT2D eigenvalue weighted by Gasteiger charge is -2.20. The number of amides is 1. The zero-order valence-corrected chi connectivity index (χ0v) is 15.2. The maximum atomic E-state index is 11.8. The van der Waals surface area contributed by atoms with Crippen LogP contribution in [-0.4, -0.2) is 11.7 Å². The predicted molar refractivity (Wildman–Crippen MR) is 98.8 cm³/mol. The van der Waals surface area contributed by atoms with E-state index in [1.807, 2.05) is 50.4 Å². The Morgan fingerprint density at radius 2 is 1.79 bits per heavy atom. The SMILES string of the molecule is CC(C)(C)OC(=O)NCc1ccccc1CNCc1sccc1N. The first-order chi connectivity index (χ1) is 11.3. The number of anilines is 1. The number of carbonyl (C=O) groups is 1. The van der Waals surface area contributed by atoms with Gasteiger partial charge in [0, 0.05) is 30.2 Å². The number of hydrogen-bond donors (Lipinski definition) is 3. The van der Waals surface area contributed by atoms with E-state index in [-0.39, 0.29) is 0 Å². The molecule has 2 rings (SSSR count). The predicted octanol–water partition coefficient (Wildman–Crippen LogP) is 3.64. The molecule has 1 aromatic carbocycles. The molecular weight excluding hydrogens is 322 g/mol. The number of benzene rings is 1. The van der Waals surface area contributed by atoms with Crippen molar-refractivity contribution < 1.29 is 9.53 Å². The average molecular weight is 347 g/mol. The number of hydrogen-bond acceptors (Lipinski definition) is 5. The van der Waals surface area contributed by atoms with Gasteiger partial charge in [-0.2, -0.15) is 0 Å². The Morgan fingerprint density at radius 1 is 1.12 bits per heavy atom. The van der Waals surface area contributed by atoms with Gasteiger partial charge in [0.25, 0.3) is 0 Å². The minimum Gasteiger partial charge on any atom is -0.444 e. The minimum atomic E-state index is -0.494. The van der Waals surface area contributed by atoms with Crippen molar-refractivity contribution >= 4 is 23.1 Å². The first-order valence-electron chi connectivity index (χ1n) is 7.91. The van der Waals surface area contributed by atoms with Crippen LogP contribution in [0.3, 0.4) is 0 Å². The van der Waals surface area contributed by atoms with Gasteiger partial charge in [0.1, 0.15) is 5.60 Å². The fourth-order valence-electron chi connectivity index (χ4n) is 2.19. The van der Waals surface area contributed by atoms with Crippen LogP contribution in [0, 0.1) is 0 Å². The third kappa shape index (κ3) is 5.86. The van der Waals surface area contributed by atoms with E-state index in [9.17, 15) is 4.79 Å². The molecule has 0 fully saturated rings. The summed E-state index contributed by atoms with van der Waals surface area (Å²) in [5.41, 5.74) is 8.43. The maximum absolute atomic E-state index is 11.8. The van der Waals surface area contributed by atoms with Gasteiger partial charge >= 0.3 is 6.09 Å². The molecule has 5 nitrogen and oxygen atoms in total. The van der Waals surface area contributed by atoms with Crippen LogP contribution in [0.2, 0.25) is 0 Å². The van der Waals surface area contributed by atoms with Crippen molar-refractivity contribution in [2.24, 2.45) is 0 Å². The Labute approximate surface area is 147 Å². The normalized spacial score (nSPS) is 11.3. The first-order valence-corrected chi connectivity index (χ1v) is 8.79. The van der Waals surface area contributed by atoms with Crippen LogP contribution in [0.25, 0.3) is 0 Å². The molecule has 0 bridgehead atoms. The fraction of sp³-hybridized carbons (Fsp3) is 0.389. The van der Waals surface area contributed by atoms with Crippen molar-refractivity contribution in [2.75, 3.05) is 5.73 Å². The van der Waals surface area contributed by atoms with Crippen molar-refractivity contribution in [3.63, 3.8) is 0 Å². The average Bonchev–Trinajstić information content (AvgIpc) is 2.90. The lowest BCUT2D eigenvalue weighted by molar-refractivity contribution is 0.0523. The number of ether oxygens (including phenoxy) is 1. The first kappa shape index (κ1) is 18.3. The molecule has 0 unspecified atom stereocenters. The minimum absolute atomic E-state index is 0.406. The van der Waals surface area contributed by atoms with Gasteiger partial charge in [0.2, 0.25) is 0 Å². The Kier molecular flexibility index (Phi) is 6.23. The third-order valence-electron chi connectivity index (χ3n) is 3.32. The molecule has 130 valence electrons. The standard InChI is InChI=1S/C18H25N3O2S/c1-18(2,3)23-17(22)21-11-14-7-5-4-6-13(14)10-20-12-16-15(19)8-9-24-16/h4-9,20H,10-12,19H2,1-3H3,(H,21,22). The van der Waals surface area contributed by atoms with Crippen LogP contribution < -0.4 is 16.4 Å². The number of nitrogens with one attached hydrogen (secondary N) is 2. The second-order valence-corrected chi connectivity index (χ2v) is 7.53. The van der Waals surface area contributed by atoms with E-state index < -0.39 is 11.7 Å². The van der Waals surface area contributed by atoms with Crippen molar-refractivity contribution in [3.05, 3.63) is 51.7 Å². The molecule has 0 aliphatic heterocycles. The molecule has 0 aliphatic carbocycles. The van der Waals surface area contributed by atoms with Gasteiger partial charge in [-0.25, -0.2) is 4.79 Å². The summed E-state index contributed by atoms with van der Waals surface area (Å²) in [5, 5.41) is 8.19. The Bertz CT molecular complexity index is 677. The van der Waals surface area contributed by atoms with Crippen LogP contribution in [-0.2, 0) is 24.4 Å². The summed E-state index contributed by atoms with van der Waals surface area (Å²) >= 11 is 1.65. The molecule has 0 saturated carbocycles. The van der Waals surface area contributed by atoms with E-state index in [0.29, 0.717) is 13.1 Å². The largest absolute Gasteiger partial charge is 0.444 e. The van der Waals surface area contributed by atoms with Gasteiger partial charge in [-0.05, 0) is 43.3 Å². The van der Waals surface area contributed by atoms with Crippen molar-refractivity contribution in [2.45, 2.75) is 46.0 Å². The van der Waals surface area contributed by atoms with Crippen LogP contribution in [0.5, 0.6) is 0 Å². The Balaban J connectivity index is 1.88. The lowest BCUT2D eigenvalue weighted by atomic mass is 10.1. The molecule has 0 aliphatic rings. The van der Waals surface area contributed by atoms with Gasteiger partial charge in [0.15, 0.2) is 0 Å². The number of nitrogen functional groups attached to an aromatic ring is 1. The molecule has 1 aromatic heterocycles. The summed E-state index contributed by atoms with van der Waals surface area (Å²) in [6.07, 6.45) is -0.406. The van der Waals surface area contributed by atoms with Crippen LogP contribution in [0.4, 0.5) is 10.5 Å². The van der Waals surface area contributed by atoms with Gasteiger partial charge < -0.3 is 21.1 Å². The van der Waals surface area contributed by atoms with E-state index in [1.165, 1.54) is 0 Å². The molecular formula is C18H25N3O2S. The maximum Gasteiger partial charge on any atom is 0.407 e. The highest BCUT2D eigenvalue weighted by molar-refractivity contribution is 7.10. The quantitative estimate of drug-likeness (QED) is 0.745. The number of alkyl carbamates (subject to hydrolysis) is 1. The molecule has 0 radical (unpaired) electrons. The van der Waals surface area contributed by atoms with Gasteiger partial charge in [-0.1, -0.05) is 24.3 Å². The molecule has 1 heterocycles. The fourth-order valence-corrected chi connectivity index (χ4v) is 2.96. The van der Waals surface area contributed by atoms with Gasteiger partial charge in [-0.3, -0.25) is 0 Å². The smallest absolute Gasteiger partial charge is 0.407 e. The highest BCUT2D eigenvalue weighted by Crippen LogP contribution is 2.18. The number of rotatable bonds is 6. The highest BCUT2D eigenvalue weighted by Gasteiger charge is 2.16.